The summed E-state index contributed by atoms with van der Waals surface area (Å²) in [5.74, 6) is 2.33. The Morgan fingerprint density at radius 3 is 3.10 bits per heavy atom. The van der Waals surface area contributed by atoms with Gasteiger partial charge in [0.05, 0.1) is 5.41 Å². The fourth-order valence-electron chi connectivity index (χ4n) is 3.81. The fraction of sp³-hybridized carbons (Fsp3) is 0.500. The maximum atomic E-state index is 5.62. The number of nitrogens with zero attached hydrogens (tertiary/aromatic N) is 2. The lowest BCUT2D eigenvalue weighted by Gasteiger charge is -2.22. The number of nitrogens with one attached hydrogen (secondary N) is 1. The van der Waals surface area contributed by atoms with Crippen molar-refractivity contribution < 1.29 is 4.52 Å². The van der Waals surface area contributed by atoms with E-state index < -0.39 is 0 Å². The Labute approximate surface area is 118 Å². The quantitative estimate of drug-likeness (QED) is 0.929. The summed E-state index contributed by atoms with van der Waals surface area (Å²) in [6.07, 6.45) is 4.49. The van der Waals surface area contributed by atoms with E-state index in [2.05, 4.69) is 22.6 Å². The summed E-state index contributed by atoms with van der Waals surface area (Å²) in [6.45, 7) is 2.08. The van der Waals surface area contributed by atoms with E-state index in [1.165, 1.54) is 24.8 Å². The zero-order valence-corrected chi connectivity index (χ0v) is 11.5. The zero-order valence-electron chi connectivity index (χ0n) is 11.5. The SMILES string of the molecule is c1ccc(Cc2noc([C@]34CCC[C@H]3CNC4)n2)cc1. The molecule has 4 rings (SSSR count). The van der Waals surface area contributed by atoms with Crippen LogP contribution in [0.1, 0.15) is 36.5 Å². The van der Waals surface area contributed by atoms with E-state index in [-0.39, 0.29) is 5.41 Å². The Morgan fingerprint density at radius 2 is 2.20 bits per heavy atom. The lowest BCUT2D eigenvalue weighted by molar-refractivity contribution is 0.264. The molecular weight excluding hydrogens is 250 g/mol. The normalized spacial score (nSPS) is 28.7. The monoisotopic (exact) mass is 269 g/mol. The highest BCUT2D eigenvalue weighted by Crippen LogP contribution is 2.47. The third kappa shape index (κ3) is 1.86. The van der Waals surface area contributed by atoms with E-state index in [0.717, 1.165) is 31.2 Å². The molecule has 2 aromatic rings. The summed E-state index contributed by atoms with van der Waals surface area (Å²) in [7, 11) is 0. The summed E-state index contributed by atoms with van der Waals surface area (Å²) in [5.41, 5.74) is 1.34. The van der Waals surface area contributed by atoms with Crippen LogP contribution in [0.3, 0.4) is 0 Å². The average molecular weight is 269 g/mol. The van der Waals surface area contributed by atoms with Crippen LogP contribution in [0, 0.1) is 5.92 Å². The molecule has 0 bridgehead atoms. The first kappa shape index (κ1) is 12.1. The van der Waals surface area contributed by atoms with Crippen LogP contribution in [-0.2, 0) is 11.8 Å². The molecule has 1 aromatic carbocycles. The van der Waals surface area contributed by atoms with Gasteiger partial charge in [-0.2, -0.15) is 4.98 Å². The number of hydrogen-bond acceptors (Lipinski definition) is 4. The summed E-state index contributed by atoms with van der Waals surface area (Å²) < 4.78 is 5.62. The van der Waals surface area contributed by atoms with Crippen LogP contribution in [0.25, 0.3) is 0 Å². The highest BCUT2D eigenvalue weighted by molar-refractivity contribution is 5.20. The maximum absolute atomic E-state index is 5.62. The van der Waals surface area contributed by atoms with Gasteiger partial charge in [0.15, 0.2) is 5.82 Å². The van der Waals surface area contributed by atoms with Crippen LogP contribution in [0.2, 0.25) is 0 Å². The molecule has 1 aromatic heterocycles. The molecule has 1 N–H and O–H groups in total. The highest BCUT2D eigenvalue weighted by atomic mass is 16.5. The van der Waals surface area contributed by atoms with Crippen molar-refractivity contribution in [3.05, 3.63) is 47.6 Å². The largest absolute Gasteiger partial charge is 0.339 e. The van der Waals surface area contributed by atoms with Gasteiger partial charge in [-0.1, -0.05) is 41.9 Å². The van der Waals surface area contributed by atoms with Crippen LogP contribution < -0.4 is 5.32 Å². The highest BCUT2D eigenvalue weighted by Gasteiger charge is 2.51. The Bertz CT molecular complexity index is 583. The third-order valence-electron chi connectivity index (χ3n) is 4.89. The molecule has 1 aliphatic heterocycles. The maximum Gasteiger partial charge on any atom is 0.234 e. The topological polar surface area (TPSA) is 51.0 Å². The van der Waals surface area contributed by atoms with Gasteiger partial charge in [-0.15, -0.1) is 0 Å². The second-order valence-electron chi connectivity index (χ2n) is 6.05. The van der Waals surface area contributed by atoms with E-state index >= 15 is 0 Å². The second-order valence-corrected chi connectivity index (χ2v) is 6.05. The van der Waals surface area contributed by atoms with Gasteiger partial charge in [0, 0.05) is 13.0 Å². The molecule has 0 spiro atoms. The van der Waals surface area contributed by atoms with Gasteiger partial charge < -0.3 is 9.84 Å². The first-order valence-electron chi connectivity index (χ1n) is 7.44. The van der Waals surface area contributed by atoms with Crippen LogP contribution in [-0.4, -0.2) is 23.2 Å². The molecule has 1 saturated carbocycles. The number of benzene rings is 1. The van der Waals surface area contributed by atoms with Crippen molar-refractivity contribution in [3.63, 3.8) is 0 Å². The summed E-state index contributed by atoms with van der Waals surface area (Å²) in [5, 5.41) is 7.69. The van der Waals surface area contributed by atoms with Gasteiger partial charge in [-0.25, -0.2) is 0 Å². The molecule has 104 valence electrons. The molecule has 4 heteroatoms. The first-order chi connectivity index (χ1) is 9.87. The van der Waals surface area contributed by atoms with Crippen LogP contribution in [0.5, 0.6) is 0 Å². The summed E-state index contributed by atoms with van der Waals surface area (Å²) in [4.78, 5) is 4.70. The fourth-order valence-corrected chi connectivity index (χ4v) is 3.81. The molecule has 20 heavy (non-hydrogen) atoms. The molecule has 2 heterocycles. The lowest BCUT2D eigenvalue weighted by atomic mass is 9.80. The molecule has 1 saturated heterocycles. The van der Waals surface area contributed by atoms with Crippen molar-refractivity contribution >= 4 is 0 Å². The van der Waals surface area contributed by atoms with Crippen molar-refractivity contribution in [3.8, 4) is 0 Å². The number of rotatable bonds is 3. The first-order valence-corrected chi connectivity index (χ1v) is 7.44. The van der Waals surface area contributed by atoms with Crippen molar-refractivity contribution in [2.45, 2.75) is 31.1 Å². The molecular formula is C16H19N3O. The number of fused-ring (bicyclic) bond motifs is 1. The Balaban J connectivity index is 1.59. The Morgan fingerprint density at radius 1 is 1.30 bits per heavy atom. The van der Waals surface area contributed by atoms with E-state index in [9.17, 15) is 0 Å². The molecule has 0 radical (unpaired) electrons. The van der Waals surface area contributed by atoms with Gasteiger partial charge >= 0.3 is 0 Å². The van der Waals surface area contributed by atoms with Crippen LogP contribution in [0.4, 0.5) is 0 Å². The van der Waals surface area contributed by atoms with Crippen molar-refractivity contribution in [1.82, 2.24) is 15.5 Å². The number of aromatic nitrogens is 2. The minimum Gasteiger partial charge on any atom is -0.339 e. The van der Waals surface area contributed by atoms with Gasteiger partial charge in [0.1, 0.15) is 0 Å². The minimum absolute atomic E-state index is 0.113. The van der Waals surface area contributed by atoms with Crippen molar-refractivity contribution in [2.75, 3.05) is 13.1 Å². The smallest absolute Gasteiger partial charge is 0.234 e. The minimum atomic E-state index is 0.113. The average Bonchev–Trinajstić information content (AvgIpc) is 3.13. The second kappa shape index (κ2) is 4.70. The molecule has 0 unspecified atom stereocenters. The predicted octanol–water partition coefficient (Wildman–Crippen LogP) is 2.30. The van der Waals surface area contributed by atoms with Crippen LogP contribution >= 0.6 is 0 Å². The molecule has 0 amide bonds. The third-order valence-corrected chi connectivity index (χ3v) is 4.89. The van der Waals surface area contributed by atoms with Crippen molar-refractivity contribution in [2.24, 2.45) is 5.92 Å². The van der Waals surface area contributed by atoms with Gasteiger partial charge in [0.25, 0.3) is 0 Å². The van der Waals surface area contributed by atoms with Crippen LogP contribution in [0.15, 0.2) is 34.9 Å². The van der Waals surface area contributed by atoms with E-state index in [1.807, 2.05) is 18.2 Å². The van der Waals surface area contributed by atoms with E-state index in [4.69, 9.17) is 9.51 Å². The van der Waals surface area contributed by atoms with Crippen molar-refractivity contribution in [1.29, 1.82) is 0 Å². The van der Waals surface area contributed by atoms with Gasteiger partial charge in [0.2, 0.25) is 5.89 Å². The summed E-state index contributed by atoms with van der Waals surface area (Å²) in [6, 6.07) is 10.3. The van der Waals surface area contributed by atoms with Gasteiger partial charge in [-0.05, 0) is 30.9 Å². The molecule has 4 nitrogen and oxygen atoms in total. The van der Waals surface area contributed by atoms with E-state index in [1.54, 1.807) is 0 Å². The standard InChI is InChI=1S/C16H19N3O/c1-2-5-12(6-3-1)9-14-18-15(20-19-14)16-8-4-7-13(16)10-17-11-16/h1-3,5-6,13,17H,4,7-11H2/t13-,16-/m0/s1. The van der Waals surface area contributed by atoms with E-state index in [0.29, 0.717) is 5.92 Å². The molecule has 2 atom stereocenters. The molecule has 2 aliphatic rings. The Kier molecular flexibility index (Phi) is 2.84. The molecule has 2 fully saturated rings. The number of hydrogen-bond donors (Lipinski definition) is 1. The Hall–Kier alpha value is -1.68. The zero-order chi connectivity index (χ0) is 13.4. The molecule has 1 aliphatic carbocycles. The predicted molar refractivity (Wildman–Crippen MR) is 75.4 cm³/mol. The summed E-state index contributed by atoms with van der Waals surface area (Å²) >= 11 is 0. The van der Waals surface area contributed by atoms with Gasteiger partial charge in [-0.3, -0.25) is 0 Å². The lowest BCUT2D eigenvalue weighted by Crippen LogP contribution is -2.31.